The minimum atomic E-state index is -0.903. The summed E-state index contributed by atoms with van der Waals surface area (Å²) in [4.78, 5) is 11.2. The van der Waals surface area contributed by atoms with Crippen LogP contribution in [0, 0.1) is 23.2 Å². The second-order valence-corrected chi connectivity index (χ2v) is 9.49. The molecule has 4 aliphatic carbocycles. The predicted molar refractivity (Wildman–Crippen MR) is 106 cm³/mol. The van der Waals surface area contributed by atoms with Crippen molar-refractivity contribution in [1.29, 1.82) is 0 Å². The molecule has 0 heterocycles. The van der Waals surface area contributed by atoms with Crippen molar-refractivity contribution in [1.82, 2.24) is 0 Å². The Morgan fingerprint density at radius 1 is 1.00 bits per heavy atom. The van der Waals surface area contributed by atoms with Crippen molar-refractivity contribution >= 4 is 16.7 Å². The van der Waals surface area contributed by atoms with E-state index >= 15 is 0 Å². The first-order valence-corrected chi connectivity index (χ1v) is 10.4. The predicted octanol–water partition coefficient (Wildman–Crippen LogP) is 5.35. The number of carboxylic acids is 1. The standard InChI is InChI=1S/C24H28O3/c1-2-24(27,23-12-15-7-16(13-23)9-17(8-15)14-23)21-6-5-18-10-20(22(25)26)4-3-19(18)11-21/h3-6,10-11,15-17,27H,2,7-9,12-14H2,1H3,(H,25,26). The highest BCUT2D eigenvalue weighted by Gasteiger charge is 2.59. The summed E-state index contributed by atoms with van der Waals surface area (Å²) >= 11 is 0. The Hall–Kier alpha value is -1.87. The Labute approximate surface area is 160 Å². The SMILES string of the molecule is CCC(O)(c1ccc2cc(C(=O)O)ccc2c1)C12CC3CC(CC(C3)C1)C2. The minimum absolute atomic E-state index is 0.0190. The normalized spacial score (nSPS) is 33.9. The summed E-state index contributed by atoms with van der Waals surface area (Å²) < 4.78 is 0. The quantitative estimate of drug-likeness (QED) is 0.768. The highest BCUT2D eigenvalue weighted by Crippen LogP contribution is 2.66. The van der Waals surface area contributed by atoms with Crippen molar-refractivity contribution in [2.75, 3.05) is 0 Å². The molecule has 0 spiro atoms. The van der Waals surface area contributed by atoms with Crippen LogP contribution < -0.4 is 0 Å². The van der Waals surface area contributed by atoms with Gasteiger partial charge in [0.25, 0.3) is 0 Å². The zero-order valence-electron chi connectivity index (χ0n) is 15.9. The molecule has 1 atom stereocenters. The van der Waals surface area contributed by atoms with Crippen LogP contribution in [-0.4, -0.2) is 16.2 Å². The molecule has 142 valence electrons. The average Bonchev–Trinajstić information content (AvgIpc) is 2.65. The molecule has 0 aromatic heterocycles. The average molecular weight is 364 g/mol. The Bertz CT molecular complexity index is 880. The fourth-order valence-corrected chi connectivity index (χ4v) is 7.14. The summed E-state index contributed by atoms with van der Waals surface area (Å²) in [6, 6.07) is 11.4. The second-order valence-electron chi connectivity index (χ2n) is 9.49. The molecular weight excluding hydrogens is 336 g/mol. The maximum absolute atomic E-state index is 12.1. The number of hydrogen-bond acceptors (Lipinski definition) is 2. The summed E-state index contributed by atoms with van der Waals surface area (Å²) in [5.41, 5.74) is 0.554. The lowest BCUT2D eigenvalue weighted by Gasteiger charge is -2.62. The van der Waals surface area contributed by atoms with Crippen molar-refractivity contribution in [3.05, 3.63) is 47.5 Å². The molecule has 4 aliphatic rings. The molecule has 3 heteroatoms. The van der Waals surface area contributed by atoms with Gasteiger partial charge < -0.3 is 10.2 Å². The van der Waals surface area contributed by atoms with Crippen molar-refractivity contribution < 1.29 is 15.0 Å². The first-order chi connectivity index (χ1) is 12.9. The van der Waals surface area contributed by atoms with Crippen molar-refractivity contribution in [2.24, 2.45) is 23.2 Å². The number of carbonyl (C=O) groups is 1. The molecule has 0 saturated heterocycles. The zero-order valence-corrected chi connectivity index (χ0v) is 15.9. The Morgan fingerprint density at radius 2 is 1.56 bits per heavy atom. The number of hydrogen-bond donors (Lipinski definition) is 2. The number of rotatable bonds is 4. The summed E-state index contributed by atoms with van der Waals surface area (Å²) in [5, 5.41) is 23.2. The van der Waals surface area contributed by atoms with E-state index in [4.69, 9.17) is 0 Å². The molecular formula is C24H28O3. The van der Waals surface area contributed by atoms with Gasteiger partial charge in [-0.25, -0.2) is 4.79 Å². The largest absolute Gasteiger partial charge is 0.478 e. The van der Waals surface area contributed by atoms with Gasteiger partial charge in [0.2, 0.25) is 0 Å². The Kier molecular flexibility index (Phi) is 3.71. The molecule has 4 saturated carbocycles. The molecule has 2 aromatic rings. The molecule has 2 N–H and O–H groups in total. The highest BCUT2D eigenvalue weighted by atomic mass is 16.4. The van der Waals surface area contributed by atoms with Crippen LogP contribution in [0.3, 0.4) is 0 Å². The third-order valence-electron chi connectivity index (χ3n) is 7.99. The van der Waals surface area contributed by atoms with Gasteiger partial charge in [-0.2, -0.15) is 0 Å². The number of benzene rings is 2. The van der Waals surface area contributed by atoms with E-state index in [0.29, 0.717) is 5.56 Å². The van der Waals surface area contributed by atoms with Crippen LogP contribution in [-0.2, 0) is 5.60 Å². The number of aliphatic hydroxyl groups is 1. The fourth-order valence-electron chi connectivity index (χ4n) is 7.14. The van der Waals surface area contributed by atoms with E-state index in [1.165, 1.54) is 38.5 Å². The van der Waals surface area contributed by atoms with Gasteiger partial charge in [0.05, 0.1) is 11.2 Å². The molecule has 3 nitrogen and oxygen atoms in total. The minimum Gasteiger partial charge on any atom is -0.478 e. The van der Waals surface area contributed by atoms with Crippen LogP contribution in [0.1, 0.15) is 67.8 Å². The number of carboxylic acid groups (broad SMARTS) is 1. The van der Waals surface area contributed by atoms with E-state index in [-0.39, 0.29) is 5.41 Å². The third-order valence-corrected chi connectivity index (χ3v) is 7.99. The van der Waals surface area contributed by atoms with E-state index in [1.807, 2.05) is 18.2 Å². The van der Waals surface area contributed by atoms with Gasteiger partial charge >= 0.3 is 5.97 Å². The van der Waals surface area contributed by atoms with E-state index in [1.54, 1.807) is 12.1 Å². The van der Waals surface area contributed by atoms with Gasteiger partial charge in [0.1, 0.15) is 0 Å². The molecule has 4 bridgehead atoms. The lowest BCUT2D eigenvalue weighted by molar-refractivity contribution is -0.186. The molecule has 2 aromatic carbocycles. The molecule has 27 heavy (non-hydrogen) atoms. The highest BCUT2D eigenvalue weighted by molar-refractivity contribution is 5.94. The fraction of sp³-hybridized carbons (Fsp3) is 0.542. The van der Waals surface area contributed by atoms with Gasteiger partial charge in [-0.3, -0.25) is 0 Å². The van der Waals surface area contributed by atoms with Crippen LogP contribution >= 0.6 is 0 Å². The topological polar surface area (TPSA) is 57.5 Å². The van der Waals surface area contributed by atoms with Gasteiger partial charge in [-0.15, -0.1) is 0 Å². The van der Waals surface area contributed by atoms with Crippen molar-refractivity contribution in [3.63, 3.8) is 0 Å². The maximum Gasteiger partial charge on any atom is 0.335 e. The van der Waals surface area contributed by atoms with Crippen LogP contribution in [0.5, 0.6) is 0 Å². The van der Waals surface area contributed by atoms with Gasteiger partial charge in [0, 0.05) is 5.41 Å². The molecule has 6 rings (SSSR count). The van der Waals surface area contributed by atoms with Crippen LogP contribution in [0.25, 0.3) is 10.8 Å². The van der Waals surface area contributed by atoms with Gasteiger partial charge in [-0.05, 0) is 97.2 Å². The number of fused-ring (bicyclic) bond motifs is 1. The van der Waals surface area contributed by atoms with Gasteiger partial charge in [0.15, 0.2) is 0 Å². The van der Waals surface area contributed by atoms with E-state index < -0.39 is 11.6 Å². The summed E-state index contributed by atoms with van der Waals surface area (Å²) in [5.74, 6) is 1.49. The van der Waals surface area contributed by atoms with E-state index in [0.717, 1.165) is 40.5 Å². The van der Waals surface area contributed by atoms with Crippen LogP contribution in [0.4, 0.5) is 0 Å². The Morgan fingerprint density at radius 3 is 2.11 bits per heavy atom. The van der Waals surface area contributed by atoms with Crippen molar-refractivity contribution in [2.45, 2.75) is 57.5 Å². The van der Waals surface area contributed by atoms with Crippen LogP contribution in [0.2, 0.25) is 0 Å². The molecule has 0 aliphatic heterocycles. The second kappa shape index (κ2) is 5.81. The van der Waals surface area contributed by atoms with Gasteiger partial charge in [-0.1, -0.05) is 25.1 Å². The smallest absolute Gasteiger partial charge is 0.335 e. The first-order valence-electron chi connectivity index (χ1n) is 10.4. The van der Waals surface area contributed by atoms with E-state index in [9.17, 15) is 15.0 Å². The first kappa shape index (κ1) is 17.2. The maximum atomic E-state index is 12.1. The zero-order chi connectivity index (χ0) is 18.8. The van der Waals surface area contributed by atoms with Crippen LogP contribution in [0.15, 0.2) is 36.4 Å². The molecule has 0 amide bonds. The Balaban J connectivity index is 1.58. The monoisotopic (exact) mass is 364 g/mol. The van der Waals surface area contributed by atoms with Crippen molar-refractivity contribution in [3.8, 4) is 0 Å². The van der Waals surface area contributed by atoms with E-state index in [2.05, 4.69) is 13.0 Å². The lowest BCUT2D eigenvalue weighted by atomic mass is 9.44. The summed E-state index contributed by atoms with van der Waals surface area (Å²) in [6.45, 7) is 2.12. The lowest BCUT2D eigenvalue weighted by Crippen LogP contribution is -2.56. The molecule has 1 unspecified atom stereocenters. The number of aromatic carboxylic acids is 1. The summed E-state index contributed by atoms with van der Waals surface area (Å²) in [7, 11) is 0. The molecule has 4 fully saturated rings. The summed E-state index contributed by atoms with van der Waals surface area (Å²) in [6.07, 6.45) is 8.34. The third kappa shape index (κ3) is 2.47. The molecule has 0 radical (unpaired) electrons.